The molecule has 0 saturated carbocycles. The summed E-state index contributed by atoms with van der Waals surface area (Å²) >= 11 is 1.31. The van der Waals surface area contributed by atoms with Gasteiger partial charge >= 0.3 is 0 Å². The standard InChI is InChI=1S/C15H15N3O3S/c1-10(22-15-16-5-2-6-17-15)14(19)18-11-3-4-12-13(9-11)21-8-7-20-12/h2-6,9-10H,7-8H2,1H3,(H,18,19)/t10-/m0/s1. The van der Waals surface area contributed by atoms with E-state index < -0.39 is 0 Å². The van der Waals surface area contributed by atoms with E-state index in [0.29, 0.717) is 35.6 Å². The fraction of sp³-hybridized carbons (Fsp3) is 0.267. The highest BCUT2D eigenvalue weighted by atomic mass is 32.2. The van der Waals surface area contributed by atoms with Gasteiger partial charge in [-0.1, -0.05) is 11.8 Å². The third-order valence-corrected chi connectivity index (χ3v) is 3.99. The van der Waals surface area contributed by atoms with E-state index >= 15 is 0 Å². The molecule has 0 aliphatic carbocycles. The number of benzene rings is 1. The molecule has 1 aromatic heterocycles. The fourth-order valence-corrected chi connectivity index (χ4v) is 2.65. The van der Waals surface area contributed by atoms with E-state index in [-0.39, 0.29) is 11.2 Å². The molecule has 1 N–H and O–H groups in total. The summed E-state index contributed by atoms with van der Waals surface area (Å²) in [6, 6.07) is 7.09. The van der Waals surface area contributed by atoms with Crippen molar-refractivity contribution < 1.29 is 14.3 Å². The summed E-state index contributed by atoms with van der Waals surface area (Å²) < 4.78 is 11.0. The van der Waals surface area contributed by atoms with Crippen LogP contribution in [0.2, 0.25) is 0 Å². The Balaban J connectivity index is 1.63. The molecule has 1 aromatic carbocycles. The lowest BCUT2D eigenvalue weighted by molar-refractivity contribution is -0.115. The Bertz CT molecular complexity index is 666. The van der Waals surface area contributed by atoms with Crippen molar-refractivity contribution in [3.05, 3.63) is 36.7 Å². The van der Waals surface area contributed by atoms with E-state index in [1.54, 1.807) is 36.7 Å². The number of nitrogens with zero attached hydrogens (tertiary/aromatic N) is 2. The Labute approximate surface area is 132 Å². The van der Waals surface area contributed by atoms with Crippen molar-refractivity contribution in [1.29, 1.82) is 0 Å². The van der Waals surface area contributed by atoms with Gasteiger partial charge < -0.3 is 14.8 Å². The highest BCUT2D eigenvalue weighted by Gasteiger charge is 2.17. The Morgan fingerprint density at radius 3 is 2.73 bits per heavy atom. The molecule has 2 aromatic rings. The second kappa shape index (κ2) is 6.65. The molecule has 2 heterocycles. The molecular formula is C15H15N3O3S. The van der Waals surface area contributed by atoms with Crippen molar-refractivity contribution in [2.24, 2.45) is 0 Å². The van der Waals surface area contributed by atoms with Gasteiger partial charge in [0.2, 0.25) is 5.91 Å². The van der Waals surface area contributed by atoms with E-state index in [1.807, 2.05) is 6.92 Å². The van der Waals surface area contributed by atoms with E-state index in [0.717, 1.165) is 0 Å². The molecule has 0 fully saturated rings. The molecule has 7 heteroatoms. The summed E-state index contributed by atoms with van der Waals surface area (Å²) in [6.45, 7) is 2.87. The van der Waals surface area contributed by atoms with Crippen molar-refractivity contribution in [2.45, 2.75) is 17.3 Å². The quantitative estimate of drug-likeness (QED) is 0.689. The van der Waals surface area contributed by atoms with Crippen LogP contribution in [0.1, 0.15) is 6.92 Å². The summed E-state index contributed by atoms with van der Waals surface area (Å²) in [5.74, 6) is 1.23. The number of amides is 1. The predicted molar refractivity (Wildman–Crippen MR) is 83.4 cm³/mol. The van der Waals surface area contributed by atoms with Crippen molar-refractivity contribution in [3.8, 4) is 11.5 Å². The zero-order valence-corrected chi connectivity index (χ0v) is 12.8. The Kier molecular flexibility index (Phi) is 4.43. The first-order valence-electron chi connectivity index (χ1n) is 6.86. The maximum atomic E-state index is 12.2. The molecule has 0 saturated heterocycles. The molecule has 0 radical (unpaired) electrons. The fourth-order valence-electron chi connectivity index (χ4n) is 1.92. The predicted octanol–water partition coefficient (Wildman–Crippen LogP) is 2.37. The maximum Gasteiger partial charge on any atom is 0.237 e. The molecule has 6 nitrogen and oxygen atoms in total. The monoisotopic (exact) mass is 317 g/mol. The normalized spacial score (nSPS) is 14.2. The molecule has 0 spiro atoms. The van der Waals surface area contributed by atoms with Crippen LogP contribution in [0, 0.1) is 0 Å². The van der Waals surface area contributed by atoms with Crippen molar-refractivity contribution in [1.82, 2.24) is 9.97 Å². The number of aromatic nitrogens is 2. The molecule has 1 aliphatic heterocycles. The zero-order valence-electron chi connectivity index (χ0n) is 12.0. The topological polar surface area (TPSA) is 73.3 Å². The number of anilines is 1. The van der Waals surface area contributed by atoms with Gasteiger partial charge in [0.05, 0.1) is 5.25 Å². The molecule has 0 unspecified atom stereocenters. The summed E-state index contributed by atoms with van der Waals surface area (Å²) in [7, 11) is 0. The van der Waals surface area contributed by atoms with Crippen molar-refractivity contribution in [2.75, 3.05) is 18.5 Å². The van der Waals surface area contributed by atoms with Gasteiger partial charge in [-0.05, 0) is 25.1 Å². The third-order valence-electron chi connectivity index (χ3n) is 3.00. The van der Waals surface area contributed by atoms with E-state index in [2.05, 4.69) is 15.3 Å². The molecule has 114 valence electrons. The Morgan fingerprint density at radius 2 is 1.95 bits per heavy atom. The smallest absolute Gasteiger partial charge is 0.237 e. The SMILES string of the molecule is C[C@H](Sc1ncccn1)C(=O)Nc1ccc2c(c1)OCCO2. The first-order chi connectivity index (χ1) is 10.7. The molecule has 1 aliphatic rings. The summed E-state index contributed by atoms with van der Waals surface area (Å²) in [5.41, 5.74) is 0.677. The van der Waals surface area contributed by atoms with Crippen LogP contribution >= 0.6 is 11.8 Å². The first kappa shape index (κ1) is 14.6. The lowest BCUT2D eigenvalue weighted by atomic mass is 10.2. The maximum absolute atomic E-state index is 12.2. The minimum Gasteiger partial charge on any atom is -0.486 e. The van der Waals surface area contributed by atoms with Crippen molar-refractivity contribution >= 4 is 23.4 Å². The lowest BCUT2D eigenvalue weighted by Crippen LogP contribution is -2.23. The Hall–Kier alpha value is -2.28. The van der Waals surface area contributed by atoms with Crippen LogP contribution in [0.5, 0.6) is 11.5 Å². The van der Waals surface area contributed by atoms with Crippen LogP contribution in [0.25, 0.3) is 0 Å². The molecule has 1 atom stereocenters. The number of ether oxygens (including phenoxy) is 2. The first-order valence-corrected chi connectivity index (χ1v) is 7.74. The van der Waals surface area contributed by atoms with Crippen LogP contribution in [-0.2, 0) is 4.79 Å². The number of hydrogen-bond donors (Lipinski definition) is 1. The number of hydrogen-bond acceptors (Lipinski definition) is 6. The molecule has 1 amide bonds. The van der Waals surface area contributed by atoms with E-state index in [9.17, 15) is 4.79 Å². The second-order valence-corrected chi connectivity index (χ2v) is 5.95. The zero-order chi connectivity index (χ0) is 15.4. The van der Waals surface area contributed by atoms with Crippen LogP contribution in [0.15, 0.2) is 41.8 Å². The molecule has 0 bridgehead atoms. The average Bonchev–Trinajstić information content (AvgIpc) is 2.55. The molecule has 3 rings (SSSR count). The number of carbonyl (C=O) groups excluding carboxylic acids is 1. The lowest BCUT2D eigenvalue weighted by Gasteiger charge is -2.19. The summed E-state index contributed by atoms with van der Waals surface area (Å²) in [6.07, 6.45) is 3.31. The minimum atomic E-state index is -0.310. The number of thioether (sulfide) groups is 1. The number of nitrogens with one attached hydrogen (secondary N) is 1. The van der Waals surface area contributed by atoms with Crippen molar-refractivity contribution in [3.63, 3.8) is 0 Å². The number of rotatable bonds is 4. The highest BCUT2D eigenvalue weighted by Crippen LogP contribution is 2.32. The Morgan fingerprint density at radius 1 is 1.23 bits per heavy atom. The van der Waals surface area contributed by atoms with Gasteiger partial charge in [-0.2, -0.15) is 0 Å². The number of fused-ring (bicyclic) bond motifs is 1. The van der Waals surface area contributed by atoms with Crippen LogP contribution in [-0.4, -0.2) is 34.3 Å². The van der Waals surface area contributed by atoms with Gasteiger partial charge in [0.1, 0.15) is 13.2 Å². The van der Waals surface area contributed by atoms with E-state index in [4.69, 9.17) is 9.47 Å². The van der Waals surface area contributed by atoms with Gasteiger partial charge in [0, 0.05) is 24.1 Å². The molecule has 22 heavy (non-hydrogen) atoms. The number of carbonyl (C=O) groups is 1. The molecular weight excluding hydrogens is 302 g/mol. The van der Waals surface area contributed by atoms with Gasteiger partial charge in [0.15, 0.2) is 16.7 Å². The van der Waals surface area contributed by atoms with Crippen LogP contribution < -0.4 is 14.8 Å². The van der Waals surface area contributed by atoms with Gasteiger partial charge in [-0.25, -0.2) is 9.97 Å². The van der Waals surface area contributed by atoms with Gasteiger partial charge in [-0.15, -0.1) is 0 Å². The summed E-state index contributed by atoms with van der Waals surface area (Å²) in [4.78, 5) is 20.4. The van der Waals surface area contributed by atoms with Gasteiger partial charge in [-0.3, -0.25) is 4.79 Å². The van der Waals surface area contributed by atoms with Gasteiger partial charge in [0.25, 0.3) is 0 Å². The third kappa shape index (κ3) is 3.48. The van der Waals surface area contributed by atoms with Crippen LogP contribution in [0.3, 0.4) is 0 Å². The average molecular weight is 317 g/mol. The van der Waals surface area contributed by atoms with Crippen LogP contribution in [0.4, 0.5) is 5.69 Å². The highest BCUT2D eigenvalue weighted by molar-refractivity contribution is 8.00. The second-order valence-electron chi connectivity index (χ2n) is 4.64. The summed E-state index contributed by atoms with van der Waals surface area (Å²) in [5, 5.41) is 3.13. The minimum absolute atomic E-state index is 0.117. The van der Waals surface area contributed by atoms with E-state index in [1.165, 1.54) is 11.8 Å². The largest absolute Gasteiger partial charge is 0.486 e.